The number of rotatable bonds is 4. The fraction of sp³-hybridized carbons (Fsp3) is 0.190. The normalized spacial score (nSPS) is 10.7. The molecule has 3 aromatic rings. The lowest BCUT2D eigenvalue weighted by Gasteiger charge is -2.14. The van der Waals surface area contributed by atoms with Gasteiger partial charge in [0, 0.05) is 28.0 Å². The highest BCUT2D eigenvalue weighted by Gasteiger charge is 2.14. The Balaban J connectivity index is 1.94. The molecule has 0 radical (unpaired) electrons. The van der Waals surface area contributed by atoms with Crippen LogP contribution in [0.2, 0.25) is 5.02 Å². The number of benzene rings is 2. The number of hydrogen-bond acceptors (Lipinski definition) is 3. The molecular formula is C21H20ClN3O2. The first-order valence-corrected chi connectivity index (χ1v) is 8.93. The third-order valence-electron chi connectivity index (χ3n) is 4.18. The summed E-state index contributed by atoms with van der Waals surface area (Å²) in [5.74, 6) is 0.122. The van der Waals surface area contributed by atoms with Gasteiger partial charge in [-0.1, -0.05) is 41.4 Å². The van der Waals surface area contributed by atoms with Crippen molar-refractivity contribution in [1.82, 2.24) is 9.55 Å². The Morgan fingerprint density at radius 1 is 1.11 bits per heavy atom. The first-order chi connectivity index (χ1) is 12.8. The molecule has 1 aromatic heterocycles. The Bertz CT molecular complexity index is 1070. The van der Waals surface area contributed by atoms with Gasteiger partial charge in [-0.3, -0.25) is 14.2 Å². The highest BCUT2D eigenvalue weighted by molar-refractivity contribution is 6.30. The van der Waals surface area contributed by atoms with E-state index in [0.29, 0.717) is 22.1 Å². The van der Waals surface area contributed by atoms with Crippen LogP contribution in [-0.4, -0.2) is 15.5 Å². The van der Waals surface area contributed by atoms with E-state index in [2.05, 4.69) is 10.3 Å². The Morgan fingerprint density at radius 2 is 1.89 bits per heavy atom. The summed E-state index contributed by atoms with van der Waals surface area (Å²) in [5, 5.41) is 3.40. The number of nitrogens with zero attached hydrogens (tertiary/aromatic N) is 2. The van der Waals surface area contributed by atoms with Crippen LogP contribution in [0.5, 0.6) is 0 Å². The zero-order valence-electron chi connectivity index (χ0n) is 15.4. The largest absolute Gasteiger partial charge is 0.324 e. The van der Waals surface area contributed by atoms with Crippen molar-refractivity contribution in [3.63, 3.8) is 0 Å². The lowest BCUT2D eigenvalue weighted by atomic mass is 10.1. The second-order valence-corrected chi connectivity index (χ2v) is 6.96. The van der Waals surface area contributed by atoms with Crippen LogP contribution >= 0.6 is 11.6 Å². The predicted octanol–water partition coefficient (Wildman–Crippen LogP) is 4.13. The third kappa shape index (κ3) is 4.44. The molecule has 1 heterocycles. The van der Waals surface area contributed by atoms with Crippen LogP contribution in [0.1, 0.15) is 16.8 Å². The number of nitrogens with one attached hydrogen (secondary N) is 1. The van der Waals surface area contributed by atoms with Gasteiger partial charge in [-0.25, -0.2) is 4.98 Å². The average molecular weight is 382 g/mol. The van der Waals surface area contributed by atoms with E-state index >= 15 is 0 Å². The number of aryl methyl sites for hydroxylation is 3. The number of hydrogen-bond donors (Lipinski definition) is 1. The molecule has 0 spiro atoms. The fourth-order valence-electron chi connectivity index (χ4n) is 2.91. The van der Waals surface area contributed by atoms with Crippen molar-refractivity contribution in [3.05, 3.63) is 80.7 Å². The van der Waals surface area contributed by atoms with Crippen molar-refractivity contribution in [3.8, 4) is 11.4 Å². The summed E-state index contributed by atoms with van der Waals surface area (Å²) in [5.41, 5.74) is 3.79. The van der Waals surface area contributed by atoms with E-state index in [1.54, 1.807) is 25.1 Å². The van der Waals surface area contributed by atoms with E-state index in [4.69, 9.17) is 11.6 Å². The molecule has 0 saturated heterocycles. The van der Waals surface area contributed by atoms with Crippen molar-refractivity contribution in [2.75, 3.05) is 5.32 Å². The van der Waals surface area contributed by atoms with E-state index in [-0.39, 0.29) is 18.0 Å². The maximum atomic E-state index is 12.6. The smallest absolute Gasteiger partial charge is 0.254 e. The molecule has 0 unspecified atom stereocenters. The Morgan fingerprint density at radius 3 is 2.59 bits per heavy atom. The van der Waals surface area contributed by atoms with Crippen molar-refractivity contribution in [2.45, 2.75) is 27.3 Å². The standard InChI is InChI=1S/C21H20ClN3O2/c1-13-7-8-18(14(2)9-13)24-19(26)12-25-20(27)10-15(3)23-21(25)16-5-4-6-17(22)11-16/h4-11H,12H2,1-3H3,(H,24,26). The first-order valence-electron chi connectivity index (χ1n) is 8.55. The molecule has 5 nitrogen and oxygen atoms in total. The van der Waals surface area contributed by atoms with Gasteiger partial charge in [-0.2, -0.15) is 0 Å². The molecule has 1 amide bonds. The summed E-state index contributed by atoms with van der Waals surface area (Å²) in [7, 11) is 0. The molecule has 6 heteroatoms. The second-order valence-electron chi connectivity index (χ2n) is 6.52. The van der Waals surface area contributed by atoms with Crippen LogP contribution in [0.15, 0.2) is 53.3 Å². The molecule has 2 aromatic carbocycles. The molecule has 1 N–H and O–H groups in total. The highest BCUT2D eigenvalue weighted by Crippen LogP contribution is 2.21. The molecular weight excluding hydrogens is 362 g/mol. The van der Waals surface area contributed by atoms with Gasteiger partial charge in [0.15, 0.2) is 0 Å². The van der Waals surface area contributed by atoms with Gasteiger partial charge >= 0.3 is 0 Å². The molecule has 0 fully saturated rings. The van der Waals surface area contributed by atoms with Gasteiger partial charge in [0.05, 0.1) is 0 Å². The van der Waals surface area contributed by atoms with Gasteiger partial charge in [-0.05, 0) is 44.5 Å². The lowest BCUT2D eigenvalue weighted by Crippen LogP contribution is -2.29. The summed E-state index contributed by atoms with van der Waals surface area (Å²) in [4.78, 5) is 29.6. The van der Waals surface area contributed by atoms with E-state index in [1.807, 2.05) is 38.1 Å². The Kier molecular flexibility index (Phi) is 5.42. The monoisotopic (exact) mass is 381 g/mol. The molecule has 0 bridgehead atoms. The molecule has 0 saturated carbocycles. The van der Waals surface area contributed by atoms with E-state index in [9.17, 15) is 9.59 Å². The summed E-state index contributed by atoms with van der Waals surface area (Å²) < 4.78 is 1.36. The van der Waals surface area contributed by atoms with Crippen LogP contribution in [0.25, 0.3) is 11.4 Å². The maximum absolute atomic E-state index is 12.6. The Labute approximate surface area is 162 Å². The molecule has 138 valence electrons. The quantitative estimate of drug-likeness (QED) is 0.739. The minimum atomic E-state index is -0.294. The van der Waals surface area contributed by atoms with Gasteiger partial charge < -0.3 is 5.32 Å². The molecule has 0 aliphatic heterocycles. The Hall–Kier alpha value is -2.92. The molecule has 27 heavy (non-hydrogen) atoms. The molecule has 0 atom stereocenters. The van der Waals surface area contributed by atoms with Crippen LogP contribution in [-0.2, 0) is 11.3 Å². The minimum absolute atomic E-state index is 0.138. The molecule has 3 rings (SSSR count). The van der Waals surface area contributed by atoms with Crippen LogP contribution < -0.4 is 10.9 Å². The number of carbonyl (C=O) groups is 1. The number of anilines is 1. The number of aromatic nitrogens is 2. The van der Waals surface area contributed by atoms with Crippen LogP contribution in [0.4, 0.5) is 5.69 Å². The SMILES string of the molecule is Cc1ccc(NC(=O)Cn2c(-c3cccc(Cl)c3)nc(C)cc2=O)c(C)c1. The van der Waals surface area contributed by atoms with Crippen molar-refractivity contribution >= 4 is 23.2 Å². The predicted molar refractivity (Wildman–Crippen MR) is 108 cm³/mol. The van der Waals surface area contributed by atoms with Crippen molar-refractivity contribution in [1.29, 1.82) is 0 Å². The third-order valence-corrected chi connectivity index (χ3v) is 4.41. The summed E-state index contributed by atoms with van der Waals surface area (Å²) in [6.45, 7) is 5.53. The maximum Gasteiger partial charge on any atom is 0.254 e. The fourth-order valence-corrected chi connectivity index (χ4v) is 3.10. The summed E-state index contributed by atoms with van der Waals surface area (Å²) >= 11 is 6.08. The van der Waals surface area contributed by atoms with Gasteiger partial charge in [0.2, 0.25) is 5.91 Å². The van der Waals surface area contributed by atoms with E-state index in [1.165, 1.54) is 10.6 Å². The van der Waals surface area contributed by atoms with Gasteiger partial charge in [0.1, 0.15) is 12.4 Å². The summed E-state index contributed by atoms with van der Waals surface area (Å²) in [6.07, 6.45) is 0. The van der Waals surface area contributed by atoms with Crippen LogP contribution in [0, 0.1) is 20.8 Å². The number of halogens is 1. The van der Waals surface area contributed by atoms with E-state index < -0.39 is 0 Å². The zero-order chi connectivity index (χ0) is 19.6. The zero-order valence-corrected chi connectivity index (χ0v) is 16.2. The number of carbonyl (C=O) groups excluding carboxylic acids is 1. The molecule has 0 aliphatic rings. The lowest BCUT2D eigenvalue weighted by molar-refractivity contribution is -0.116. The van der Waals surface area contributed by atoms with E-state index in [0.717, 1.165) is 16.8 Å². The summed E-state index contributed by atoms with van der Waals surface area (Å²) in [6, 6.07) is 14.3. The topological polar surface area (TPSA) is 64.0 Å². The van der Waals surface area contributed by atoms with Crippen molar-refractivity contribution < 1.29 is 4.79 Å². The minimum Gasteiger partial charge on any atom is -0.324 e. The van der Waals surface area contributed by atoms with Crippen molar-refractivity contribution in [2.24, 2.45) is 0 Å². The van der Waals surface area contributed by atoms with Crippen LogP contribution in [0.3, 0.4) is 0 Å². The highest BCUT2D eigenvalue weighted by atomic mass is 35.5. The molecule has 0 aliphatic carbocycles. The van der Waals surface area contributed by atoms with Gasteiger partial charge in [-0.15, -0.1) is 0 Å². The van der Waals surface area contributed by atoms with Gasteiger partial charge in [0.25, 0.3) is 5.56 Å². The average Bonchev–Trinajstić information content (AvgIpc) is 2.59. The number of amides is 1. The second kappa shape index (κ2) is 7.76. The first kappa shape index (κ1) is 18.9.